The van der Waals surface area contributed by atoms with Crippen LogP contribution in [0.2, 0.25) is 0 Å². The number of hydrogen-bond donors (Lipinski definition) is 3. The topological polar surface area (TPSA) is 78.4 Å². The van der Waals surface area contributed by atoms with Gasteiger partial charge < -0.3 is 15.7 Å². The van der Waals surface area contributed by atoms with Crippen LogP contribution in [0.1, 0.15) is 29.8 Å². The minimum Gasteiger partial charge on any atom is -0.384 e. The second-order valence-corrected chi connectivity index (χ2v) is 6.12. The minimum absolute atomic E-state index is 0.0631. The van der Waals surface area contributed by atoms with Crippen molar-refractivity contribution in [1.82, 2.24) is 5.32 Å². The Bertz CT molecular complexity index is 714. The summed E-state index contributed by atoms with van der Waals surface area (Å²) in [6.07, 6.45) is 0. The van der Waals surface area contributed by atoms with Crippen molar-refractivity contribution in [2.24, 2.45) is 0 Å². The number of carbonyl (C=O) groups excluding carboxylic acids is 2. The van der Waals surface area contributed by atoms with Crippen LogP contribution in [0.3, 0.4) is 0 Å². The van der Waals surface area contributed by atoms with Gasteiger partial charge in [0.2, 0.25) is 5.91 Å². The van der Waals surface area contributed by atoms with Crippen LogP contribution in [-0.2, 0) is 10.4 Å². The van der Waals surface area contributed by atoms with E-state index in [1.165, 1.54) is 30.4 Å². The van der Waals surface area contributed by atoms with Gasteiger partial charge in [0.05, 0.1) is 12.1 Å². The van der Waals surface area contributed by atoms with Gasteiger partial charge in [0.25, 0.3) is 5.91 Å². The van der Waals surface area contributed by atoms with Gasteiger partial charge in [-0.1, -0.05) is 0 Å². The molecule has 0 radical (unpaired) electrons. The van der Waals surface area contributed by atoms with Gasteiger partial charge in [-0.2, -0.15) is 11.3 Å². The summed E-state index contributed by atoms with van der Waals surface area (Å²) >= 11 is 1.43. The van der Waals surface area contributed by atoms with E-state index in [1.54, 1.807) is 18.4 Å². The Morgan fingerprint density at radius 2 is 2.09 bits per heavy atom. The lowest BCUT2D eigenvalue weighted by Gasteiger charge is -2.23. The number of nitrogens with one attached hydrogen (secondary N) is 2. The third-order valence-electron chi connectivity index (χ3n) is 3.27. The van der Waals surface area contributed by atoms with Gasteiger partial charge in [0, 0.05) is 12.6 Å². The van der Waals surface area contributed by atoms with E-state index in [4.69, 9.17) is 0 Å². The van der Waals surface area contributed by atoms with Crippen LogP contribution in [0.4, 0.5) is 10.1 Å². The summed E-state index contributed by atoms with van der Waals surface area (Å²) in [6, 6.07) is 5.49. The lowest BCUT2D eigenvalue weighted by atomic mass is 9.99. The highest BCUT2D eigenvalue weighted by Crippen LogP contribution is 2.22. The fourth-order valence-electron chi connectivity index (χ4n) is 2.00. The van der Waals surface area contributed by atoms with Crippen LogP contribution in [0.15, 0.2) is 35.0 Å². The summed E-state index contributed by atoms with van der Waals surface area (Å²) in [7, 11) is 0. The third kappa shape index (κ3) is 4.37. The molecule has 1 atom stereocenters. The number of thiophene rings is 1. The van der Waals surface area contributed by atoms with Crippen molar-refractivity contribution in [1.29, 1.82) is 0 Å². The lowest BCUT2D eigenvalue weighted by Crippen LogP contribution is -2.38. The van der Waals surface area contributed by atoms with Crippen molar-refractivity contribution in [3.05, 3.63) is 52.0 Å². The van der Waals surface area contributed by atoms with Crippen LogP contribution in [0, 0.1) is 5.82 Å². The molecule has 0 saturated carbocycles. The largest absolute Gasteiger partial charge is 0.384 e. The Balaban J connectivity index is 2.10. The molecule has 0 saturated heterocycles. The van der Waals surface area contributed by atoms with Gasteiger partial charge in [-0.3, -0.25) is 9.59 Å². The first kappa shape index (κ1) is 17.1. The van der Waals surface area contributed by atoms with Crippen LogP contribution in [-0.4, -0.2) is 23.5 Å². The highest BCUT2D eigenvalue weighted by molar-refractivity contribution is 7.08. The number of rotatable bonds is 5. The first-order chi connectivity index (χ1) is 10.8. The standard InChI is InChI=1S/C16H17FN2O3S/c1-10(20)19-12-3-4-14(17)13(7-12)15(21)18-9-16(2,22)11-5-6-23-8-11/h3-8,22H,9H2,1-2H3,(H,18,21)(H,19,20). The molecule has 0 aliphatic rings. The second kappa shape index (κ2) is 6.89. The number of anilines is 1. The average molecular weight is 336 g/mol. The molecule has 0 bridgehead atoms. The fourth-order valence-corrected chi connectivity index (χ4v) is 2.78. The van der Waals surface area contributed by atoms with Gasteiger partial charge in [0.1, 0.15) is 11.4 Å². The van der Waals surface area contributed by atoms with E-state index in [2.05, 4.69) is 10.6 Å². The van der Waals surface area contributed by atoms with E-state index in [9.17, 15) is 19.1 Å². The molecular formula is C16H17FN2O3S. The molecule has 1 heterocycles. The maximum atomic E-state index is 13.8. The van der Waals surface area contributed by atoms with E-state index < -0.39 is 17.3 Å². The van der Waals surface area contributed by atoms with Gasteiger partial charge in [-0.05, 0) is 47.5 Å². The van der Waals surface area contributed by atoms with Crippen molar-refractivity contribution >= 4 is 28.8 Å². The number of amides is 2. The van der Waals surface area contributed by atoms with E-state index in [0.29, 0.717) is 11.3 Å². The number of benzene rings is 1. The highest BCUT2D eigenvalue weighted by Gasteiger charge is 2.25. The number of halogens is 1. The van der Waals surface area contributed by atoms with Crippen LogP contribution < -0.4 is 10.6 Å². The fraction of sp³-hybridized carbons (Fsp3) is 0.250. The highest BCUT2D eigenvalue weighted by atomic mass is 32.1. The van der Waals surface area contributed by atoms with Gasteiger partial charge >= 0.3 is 0 Å². The number of hydrogen-bond acceptors (Lipinski definition) is 4. The average Bonchev–Trinajstić information content (AvgIpc) is 3.01. The van der Waals surface area contributed by atoms with Crippen molar-refractivity contribution in [2.75, 3.05) is 11.9 Å². The van der Waals surface area contributed by atoms with Crippen molar-refractivity contribution in [2.45, 2.75) is 19.4 Å². The van der Waals surface area contributed by atoms with E-state index in [1.807, 2.05) is 5.38 Å². The quantitative estimate of drug-likeness (QED) is 0.785. The molecule has 1 aromatic heterocycles. The van der Waals surface area contributed by atoms with Crippen LogP contribution >= 0.6 is 11.3 Å². The van der Waals surface area contributed by atoms with Crippen LogP contribution in [0.25, 0.3) is 0 Å². The molecule has 0 spiro atoms. The molecule has 1 unspecified atom stereocenters. The molecular weight excluding hydrogens is 319 g/mol. The molecule has 1 aromatic carbocycles. The molecule has 5 nitrogen and oxygen atoms in total. The summed E-state index contributed by atoms with van der Waals surface area (Å²) in [5, 5.41) is 19.0. The SMILES string of the molecule is CC(=O)Nc1ccc(F)c(C(=O)NCC(C)(O)c2ccsc2)c1. The smallest absolute Gasteiger partial charge is 0.254 e. The molecule has 0 aliphatic heterocycles. The predicted octanol–water partition coefficient (Wildman–Crippen LogP) is 2.48. The molecule has 0 fully saturated rings. The monoisotopic (exact) mass is 336 g/mol. The zero-order valence-corrected chi connectivity index (χ0v) is 13.5. The Labute approximate surface area is 137 Å². The first-order valence-corrected chi connectivity index (χ1v) is 7.84. The Kier molecular flexibility index (Phi) is 5.12. The first-order valence-electron chi connectivity index (χ1n) is 6.90. The lowest BCUT2D eigenvalue weighted by molar-refractivity contribution is -0.114. The predicted molar refractivity (Wildman–Crippen MR) is 86.9 cm³/mol. The van der Waals surface area contributed by atoms with Crippen molar-refractivity contribution in [3.63, 3.8) is 0 Å². The molecule has 2 aromatic rings. The normalized spacial score (nSPS) is 13.2. The maximum Gasteiger partial charge on any atom is 0.254 e. The molecule has 3 N–H and O–H groups in total. The van der Waals surface area contributed by atoms with Gasteiger partial charge in [-0.15, -0.1) is 0 Å². The van der Waals surface area contributed by atoms with Gasteiger partial charge in [0.15, 0.2) is 0 Å². The van der Waals surface area contributed by atoms with Gasteiger partial charge in [-0.25, -0.2) is 4.39 Å². The maximum absolute atomic E-state index is 13.8. The molecule has 2 amide bonds. The van der Waals surface area contributed by atoms with E-state index in [0.717, 1.165) is 6.07 Å². The molecule has 23 heavy (non-hydrogen) atoms. The molecule has 122 valence electrons. The summed E-state index contributed by atoms with van der Waals surface area (Å²) in [6.45, 7) is 2.83. The van der Waals surface area contributed by atoms with E-state index >= 15 is 0 Å². The zero-order valence-electron chi connectivity index (χ0n) is 12.7. The number of carbonyl (C=O) groups is 2. The Morgan fingerprint density at radius 3 is 2.70 bits per heavy atom. The molecule has 0 aliphatic carbocycles. The van der Waals surface area contributed by atoms with E-state index in [-0.39, 0.29) is 18.0 Å². The minimum atomic E-state index is -1.25. The zero-order chi connectivity index (χ0) is 17.0. The Morgan fingerprint density at radius 1 is 1.35 bits per heavy atom. The van der Waals surface area contributed by atoms with Crippen molar-refractivity contribution in [3.8, 4) is 0 Å². The van der Waals surface area contributed by atoms with Crippen molar-refractivity contribution < 1.29 is 19.1 Å². The summed E-state index contributed by atoms with van der Waals surface area (Å²) < 4.78 is 13.8. The third-order valence-corrected chi connectivity index (χ3v) is 3.95. The molecule has 2 rings (SSSR count). The molecule has 7 heteroatoms. The van der Waals surface area contributed by atoms with Crippen LogP contribution in [0.5, 0.6) is 0 Å². The second-order valence-electron chi connectivity index (χ2n) is 5.34. The number of aliphatic hydroxyl groups is 1. The summed E-state index contributed by atoms with van der Waals surface area (Å²) in [5.41, 5.74) is -0.442. The summed E-state index contributed by atoms with van der Waals surface area (Å²) in [5.74, 6) is -1.68. The summed E-state index contributed by atoms with van der Waals surface area (Å²) in [4.78, 5) is 23.2. The Hall–Kier alpha value is -2.25.